The summed E-state index contributed by atoms with van der Waals surface area (Å²) in [6, 6.07) is 80.2. The number of benzene rings is 9. The summed E-state index contributed by atoms with van der Waals surface area (Å²) in [6.07, 6.45) is 0. The first-order valence-electron chi connectivity index (χ1n) is 19.1. The third kappa shape index (κ3) is 6.44. The monoisotopic (exact) mass is 715 g/mol. The van der Waals surface area contributed by atoms with Crippen molar-refractivity contribution in [2.24, 2.45) is 0 Å². The summed E-state index contributed by atoms with van der Waals surface area (Å²) < 4.78 is 6.11. The van der Waals surface area contributed by atoms with E-state index in [2.05, 4.69) is 217 Å². The Labute approximate surface area is 327 Å². The van der Waals surface area contributed by atoms with Crippen LogP contribution >= 0.6 is 0 Å². The molecule has 0 N–H and O–H groups in total. The topological polar surface area (TPSA) is 16.4 Å². The highest BCUT2D eigenvalue weighted by molar-refractivity contribution is 6.06. The summed E-state index contributed by atoms with van der Waals surface area (Å²) in [4.78, 5) is 2.34. The molecular weight excluding hydrogens is 679 g/mol. The zero-order valence-corrected chi connectivity index (χ0v) is 30.7. The number of hydrogen-bond acceptors (Lipinski definition) is 2. The summed E-state index contributed by atoms with van der Waals surface area (Å²) in [5.74, 6) is 0. The Morgan fingerprint density at radius 2 is 0.571 bits per heavy atom. The van der Waals surface area contributed by atoms with E-state index in [4.69, 9.17) is 4.42 Å². The average molecular weight is 716 g/mol. The molecular formula is C54H37NO. The van der Waals surface area contributed by atoms with Crippen LogP contribution in [-0.2, 0) is 0 Å². The molecule has 0 bridgehead atoms. The van der Waals surface area contributed by atoms with Crippen molar-refractivity contribution in [3.05, 3.63) is 224 Å². The van der Waals surface area contributed by atoms with E-state index in [1.807, 2.05) is 12.1 Å². The quantitative estimate of drug-likeness (QED) is 0.156. The highest BCUT2D eigenvalue weighted by atomic mass is 16.3. The average Bonchev–Trinajstić information content (AvgIpc) is 3.66. The number of para-hydroxylation sites is 1. The summed E-state index contributed by atoms with van der Waals surface area (Å²) in [5.41, 5.74) is 16.9. The molecule has 0 unspecified atom stereocenters. The Balaban J connectivity index is 1.03. The van der Waals surface area contributed by atoms with Gasteiger partial charge in [0.15, 0.2) is 0 Å². The van der Waals surface area contributed by atoms with Crippen LogP contribution in [0.4, 0.5) is 17.1 Å². The Morgan fingerprint density at radius 1 is 0.232 bits per heavy atom. The predicted molar refractivity (Wildman–Crippen MR) is 236 cm³/mol. The van der Waals surface area contributed by atoms with E-state index in [1.54, 1.807) is 0 Å². The number of nitrogens with zero attached hydrogens (tertiary/aromatic N) is 1. The molecule has 0 atom stereocenters. The van der Waals surface area contributed by atoms with E-state index in [-0.39, 0.29) is 0 Å². The van der Waals surface area contributed by atoms with E-state index >= 15 is 0 Å². The van der Waals surface area contributed by atoms with Crippen molar-refractivity contribution in [2.45, 2.75) is 0 Å². The maximum absolute atomic E-state index is 6.11. The minimum absolute atomic E-state index is 0.906. The van der Waals surface area contributed by atoms with E-state index < -0.39 is 0 Å². The Bertz CT molecular complexity index is 2850. The molecule has 0 amide bonds. The largest absolute Gasteiger partial charge is 0.456 e. The Hall–Kier alpha value is -7.42. The van der Waals surface area contributed by atoms with Gasteiger partial charge in [-0.05, 0) is 128 Å². The summed E-state index contributed by atoms with van der Waals surface area (Å²) >= 11 is 0. The third-order valence-corrected chi connectivity index (χ3v) is 10.7. The van der Waals surface area contributed by atoms with Gasteiger partial charge in [-0.15, -0.1) is 0 Å². The fraction of sp³-hybridized carbons (Fsp3) is 0. The number of hydrogen-bond donors (Lipinski definition) is 0. The molecule has 0 aliphatic carbocycles. The van der Waals surface area contributed by atoms with Crippen LogP contribution in [0.15, 0.2) is 229 Å². The number of fused-ring (bicyclic) bond motifs is 3. The Morgan fingerprint density at radius 3 is 1.05 bits per heavy atom. The first kappa shape index (κ1) is 33.2. The highest BCUT2D eigenvalue weighted by Crippen LogP contribution is 2.40. The highest BCUT2D eigenvalue weighted by Gasteiger charge is 2.15. The minimum atomic E-state index is 0.906. The second kappa shape index (κ2) is 14.4. The molecule has 0 fully saturated rings. The van der Waals surface area contributed by atoms with E-state index in [0.29, 0.717) is 0 Å². The lowest BCUT2D eigenvalue weighted by atomic mass is 9.93. The smallest absolute Gasteiger partial charge is 0.135 e. The van der Waals surface area contributed by atoms with E-state index in [0.717, 1.165) is 50.1 Å². The molecule has 0 saturated carbocycles. The molecule has 9 aromatic carbocycles. The lowest BCUT2D eigenvalue weighted by Gasteiger charge is -2.26. The summed E-state index contributed by atoms with van der Waals surface area (Å²) in [7, 11) is 0. The number of furan rings is 1. The molecule has 0 saturated heterocycles. The van der Waals surface area contributed by atoms with Gasteiger partial charge in [0, 0.05) is 27.8 Å². The number of anilines is 3. The molecule has 10 aromatic rings. The standard InChI is InChI=1S/C54H37NO/c1-4-12-38(13-5-1)41-20-27-48(28-21-41)55(49-29-22-42(23-30-49)44-26-33-54-52(37-44)51-18-10-11-19-53(51)56-54)50-31-24-43(25-32-50)47-35-45(39-14-6-2-7-15-39)34-46(36-47)40-16-8-3-9-17-40/h1-37H. The molecule has 1 aromatic heterocycles. The van der Waals surface area contributed by atoms with Crippen LogP contribution in [-0.4, -0.2) is 0 Å². The van der Waals surface area contributed by atoms with Gasteiger partial charge in [-0.1, -0.05) is 152 Å². The molecule has 56 heavy (non-hydrogen) atoms. The van der Waals surface area contributed by atoms with Crippen LogP contribution in [0.1, 0.15) is 0 Å². The van der Waals surface area contributed by atoms with Gasteiger partial charge in [0.25, 0.3) is 0 Å². The maximum Gasteiger partial charge on any atom is 0.135 e. The van der Waals surface area contributed by atoms with E-state index in [9.17, 15) is 0 Å². The molecule has 2 heteroatoms. The van der Waals surface area contributed by atoms with Gasteiger partial charge in [-0.3, -0.25) is 0 Å². The van der Waals surface area contributed by atoms with Gasteiger partial charge in [-0.25, -0.2) is 0 Å². The normalized spacial score (nSPS) is 11.2. The lowest BCUT2D eigenvalue weighted by molar-refractivity contribution is 0.669. The summed E-state index contributed by atoms with van der Waals surface area (Å²) in [5, 5.41) is 2.27. The Kier molecular flexibility index (Phi) is 8.55. The second-order valence-corrected chi connectivity index (χ2v) is 14.2. The van der Waals surface area contributed by atoms with Crippen molar-refractivity contribution in [1.29, 1.82) is 0 Å². The van der Waals surface area contributed by atoms with Crippen LogP contribution in [0.3, 0.4) is 0 Å². The molecule has 264 valence electrons. The number of rotatable bonds is 8. The molecule has 2 nitrogen and oxygen atoms in total. The van der Waals surface area contributed by atoms with Crippen molar-refractivity contribution >= 4 is 39.0 Å². The van der Waals surface area contributed by atoms with Crippen molar-refractivity contribution in [3.8, 4) is 55.6 Å². The van der Waals surface area contributed by atoms with Crippen LogP contribution in [0, 0.1) is 0 Å². The summed E-state index contributed by atoms with van der Waals surface area (Å²) in [6.45, 7) is 0. The van der Waals surface area contributed by atoms with Gasteiger partial charge >= 0.3 is 0 Å². The minimum Gasteiger partial charge on any atom is -0.456 e. The van der Waals surface area contributed by atoms with Crippen LogP contribution in [0.5, 0.6) is 0 Å². The second-order valence-electron chi connectivity index (χ2n) is 14.2. The first-order chi connectivity index (χ1) is 27.7. The predicted octanol–water partition coefficient (Wildman–Crippen LogP) is 15.4. The van der Waals surface area contributed by atoms with Gasteiger partial charge in [0.1, 0.15) is 11.2 Å². The van der Waals surface area contributed by atoms with Gasteiger partial charge < -0.3 is 9.32 Å². The van der Waals surface area contributed by atoms with Crippen molar-refractivity contribution in [3.63, 3.8) is 0 Å². The maximum atomic E-state index is 6.11. The van der Waals surface area contributed by atoms with Gasteiger partial charge in [0.05, 0.1) is 0 Å². The first-order valence-corrected chi connectivity index (χ1v) is 19.1. The molecule has 10 rings (SSSR count). The van der Waals surface area contributed by atoms with Crippen LogP contribution in [0.2, 0.25) is 0 Å². The fourth-order valence-electron chi connectivity index (χ4n) is 7.78. The lowest BCUT2D eigenvalue weighted by Crippen LogP contribution is -2.09. The molecule has 1 heterocycles. The van der Waals surface area contributed by atoms with Crippen molar-refractivity contribution in [1.82, 2.24) is 0 Å². The van der Waals surface area contributed by atoms with Gasteiger partial charge in [-0.2, -0.15) is 0 Å². The zero-order chi connectivity index (χ0) is 37.3. The van der Waals surface area contributed by atoms with Gasteiger partial charge in [0.2, 0.25) is 0 Å². The fourth-order valence-corrected chi connectivity index (χ4v) is 7.78. The van der Waals surface area contributed by atoms with Crippen molar-refractivity contribution in [2.75, 3.05) is 4.90 Å². The molecule has 0 aliphatic rings. The van der Waals surface area contributed by atoms with Crippen LogP contribution < -0.4 is 4.90 Å². The third-order valence-electron chi connectivity index (χ3n) is 10.7. The molecule has 0 radical (unpaired) electrons. The van der Waals surface area contributed by atoms with Crippen LogP contribution in [0.25, 0.3) is 77.6 Å². The SMILES string of the molecule is c1ccc(-c2ccc(N(c3ccc(-c4cc(-c5ccccc5)cc(-c5ccccc5)c4)cc3)c3ccc(-c4ccc5oc6ccccc6c5c4)cc3)cc2)cc1. The zero-order valence-electron chi connectivity index (χ0n) is 30.7. The molecule has 0 spiro atoms. The van der Waals surface area contributed by atoms with E-state index in [1.165, 1.54) is 44.5 Å². The molecule has 0 aliphatic heterocycles. The van der Waals surface area contributed by atoms with Crippen molar-refractivity contribution < 1.29 is 4.42 Å².